The van der Waals surface area contributed by atoms with E-state index in [1.54, 1.807) is 0 Å². The summed E-state index contributed by atoms with van der Waals surface area (Å²) >= 11 is 6.28. The number of benzene rings is 1. The second-order valence-corrected chi connectivity index (χ2v) is 4.74. The summed E-state index contributed by atoms with van der Waals surface area (Å²) in [5.41, 5.74) is 3.49. The van der Waals surface area contributed by atoms with Gasteiger partial charge in [0, 0.05) is 10.6 Å². The van der Waals surface area contributed by atoms with Crippen LogP contribution < -0.4 is 10.1 Å². The van der Waals surface area contributed by atoms with Crippen LogP contribution in [0.4, 0.5) is 0 Å². The molecular formula is C13H18ClNO. The Kier molecular flexibility index (Phi) is 3.41. The molecule has 88 valence electrons. The number of rotatable bonds is 3. The summed E-state index contributed by atoms with van der Waals surface area (Å²) < 4.78 is 5.70. The standard InChI is InChI=1S/C13H18ClNO/c1-4-5-15-10-7-16-11-6-8(2)13(14)9(3)12(10)11/h6,10,15H,4-5,7H2,1-3H3. The predicted molar refractivity (Wildman–Crippen MR) is 67.5 cm³/mol. The van der Waals surface area contributed by atoms with E-state index in [9.17, 15) is 0 Å². The van der Waals surface area contributed by atoms with Crippen molar-refractivity contribution in [3.05, 3.63) is 27.8 Å². The first-order chi connectivity index (χ1) is 7.65. The van der Waals surface area contributed by atoms with Gasteiger partial charge in [-0.1, -0.05) is 18.5 Å². The highest BCUT2D eigenvalue weighted by Crippen LogP contribution is 2.39. The Hall–Kier alpha value is -0.730. The second-order valence-electron chi connectivity index (χ2n) is 4.36. The van der Waals surface area contributed by atoms with Crippen LogP contribution in [0.15, 0.2) is 6.07 Å². The van der Waals surface area contributed by atoms with Gasteiger partial charge in [-0.05, 0) is 44.0 Å². The van der Waals surface area contributed by atoms with Crippen LogP contribution in [0.3, 0.4) is 0 Å². The second kappa shape index (κ2) is 4.64. The van der Waals surface area contributed by atoms with Crippen molar-refractivity contribution in [2.24, 2.45) is 0 Å². The van der Waals surface area contributed by atoms with Crippen LogP contribution in [0.5, 0.6) is 5.75 Å². The SMILES string of the molecule is CCCNC1COc2cc(C)c(Cl)c(C)c21. The van der Waals surface area contributed by atoms with Gasteiger partial charge in [0.2, 0.25) is 0 Å². The monoisotopic (exact) mass is 239 g/mol. The number of hydrogen-bond acceptors (Lipinski definition) is 2. The average molecular weight is 240 g/mol. The van der Waals surface area contributed by atoms with Crippen molar-refractivity contribution in [1.29, 1.82) is 0 Å². The summed E-state index contributed by atoms with van der Waals surface area (Å²) in [6.07, 6.45) is 1.13. The highest BCUT2D eigenvalue weighted by molar-refractivity contribution is 6.32. The molecule has 2 nitrogen and oxygen atoms in total. The number of ether oxygens (including phenoxy) is 1. The van der Waals surface area contributed by atoms with Gasteiger partial charge in [0.1, 0.15) is 12.4 Å². The first-order valence-electron chi connectivity index (χ1n) is 5.81. The highest BCUT2D eigenvalue weighted by atomic mass is 35.5. The molecular weight excluding hydrogens is 222 g/mol. The van der Waals surface area contributed by atoms with Gasteiger partial charge in [0.15, 0.2) is 0 Å². The van der Waals surface area contributed by atoms with Crippen LogP contribution in [0.25, 0.3) is 0 Å². The molecule has 0 bridgehead atoms. The van der Waals surface area contributed by atoms with E-state index >= 15 is 0 Å². The molecule has 16 heavy (non-hydrogen) atoms. The maximum atomic E-state index is 6.28. The lowest BCUT2D eigenvalue weighted by Crippen LogP contribution is -2.23. The molecule has 0 spiro atoms. The van der Waals surface area contributed by atoms with E-state index in [1.165, 1.54) is 5.56 Å². The zero-order chi connectivity index (χ0) is 11.7. The molecule has 1 heterocycles. The third-order valence-electron chi connectivity index (χ3n) is 3.09. The van der Waals surface area contributed by atoms with Gasteiger partial charge in [-0.2, -0.15) is 0 Å². The molecule has 0 aromatic heterocycles. The molecule has 0 amide bonds. The fraction of sp³-hybridized carbons (Fsp3) is 0.538. The van der Waals surface area contributed by atoms with E-state index in [4.69, 9.17) is 16.3 Å². The minimum absolute atomic E-state index is 0.299. The van der Waals surface area contributed by atoms with Crippen molar-refractivity contribution in [3.8, 4) is 5.75 Å². The number of hydrogen-bond donors (Lipinski definition) is 1. The normalized spacial score (nSPS) is 18.4. The largest absolute Gasteiger partial charge is 0.491 e. The molecule has 1 atom stereocenters. The smallest absolute Gasteiger partial charge is 0.124 e. The van der Waals surface area contributed by atoms with Crippen molar-refractivity contribution in [1.82, 2.24) is 5.32 Å². The molecule has 1 N–H and O–H groups in total. The Bertz CT molecular complexity index is 403. The fourth-order valence-electron chi connectivity index (χ4n) is 2.23. The van der Waals surface area contributed by atoms with E-state index in [-0.39, 0.29) is 0 Å². The van der Waals surface area contributed by atoms with E-state index in [0.717, 1.165) is 41.5 Å². The lowest BCUT2D eigenvalue weighted by atomic mass is 10.00. The molecule has 0 saturated heterocycles. The van der Waals surface area contributed by atoms with Gasteiger partial charge >= 0.3 is 0 Å². The Balaban J connectivity index is 2.35. The van der Waals surface area contributed by atoms with E-state index in [1.807, 2.05) is 13.0 Å². The lowest BCUT2D eigenvalue weighted by molar-refractivity contribution is 0.311. The maximum absolute atomic E-state index is 6.28. The topological polar surface area (TPSA) is 21.3 Å². The van der Waals surface area contributed by atoms with Crippen LogP contribution in [0.2, 0.25) is 5.02 Å². The summed E-state index contributed by atoms with van der Waals surface area (Å²) in [7, 11) is 0. The summed E-state index contributed by atoms with van der Waals surface area (Å²) in [5, 5.41) is 4.36. The predicted octanol–water partition coefficient (Wildman–Crippen LogP) is 3.39. The van der Waals surface area contributed by atoms with Crippen molar-refractivity contribution in [2.45, 2.75) is 33.2 Å². The fourth-order valence-corrected chi connectivity index (χ4v) is 2.38. The molecule has 3 heteroatoms. The Morgan fingerprint density at radius 1 is 1.50 bits per heavy atom. The molecule has 1 aromatic rings. The van der Waals surface area contributed by atoms with Gasteiger partial charge in [-0.25, -0.2) is 0 Å². The van der Waals surface area contributed by atoms with Gasteiger partial charge in [0.05, 0.1) is 6.04 Å². The van der Waals surface area contributed by atoms with E-state index in [2.05, 4.69) is 19.2 Å². The van der Waals surface area contributed by atoms with Gasteiger partial charge in [0.25, 0.3) is 0 Å². The van der Waals surface area contributed by atoms with E-state index < -0.39 is 0 Å². The third-order valence-corrected chi connectivity index (χ3v) is 3.67. The molecule has 1 aliphatic heterocycles. The average Bonchev–Trinajstić information content (AvgIpc) is 2.66. The lowest BCUT2D eigenvalue weighted by Gasteiger charge is -2.14. The zero-order valence-corrected chi connectivity index (χ0v) is 10.8. The zero-order valence-electron chi connectivity index (χ0n) is 10.1. The van der Waals surface area contributed by atoms with Crippen molar-refractivity contribution in [2.75, 3.05) is 13.2 Å². The van der Waals surface area contributed by atoms with Gasteiger partial charge in [-0.3, -0.25) is 0 Å². The molecule has 1 aromatic carbocycles. The van der Waals surface area contributed by atoms with Gasteiger partial charge in [-0.15, -0.1) is 0 Å². The molecule has 0 aliphatic carbocycles. The molecule has 0 saturated carbocycles. The van der Waals surface area contributed by atoms with Crippen molar-refractivity contribution in [3.63, 3.8) is 0 Å². The van der Waals surface area contributed by atoms with Crippen molar-refractivity contribution >= 4 is 11.6 Å². The molecule has 2 rings (SSSR count). The number of halogens is 1. The Morgan fingerprint density at radius 3 is 2.94 bits per heavy atom. The molecule has 1 unspecified atom stereocenters. The molecule has 0 fully saturated rings. The number of aryl methyl sites for hydroxylation is 1. The van der Waals surface area contributed by atoms with Crippen LogP contribution >= 0.6 is 11.6 Å². The molecule has 1 aliphatic rings. The third kappa shape index (κ3) is 1.92. The summed E-state index contributed by atoms with van der Waals surface area (Å²) in [5.74, 6) is 0.994. The van der Waals surface area contributed by atoms with Crippen LogP contribution in [-0.2, 0) is 0 Å². The summed E-state index contributed by atoms with van der Waals surface area (Å²) in [4.78, 5) is 0. The first-order valence-corrected chi connectivity index (χ1v) is 6.18. The first kappa shape index (κ1) is 11.7. The van der Waals surface area contributed by atoms with Crippen LogP contribution in [0, 0.1) is 13.8 Å². The van der Waals surface area contributed by atoms with Crippen LogP contribution in [0.1, 0.15) is 36.1 Å². The summed E-state index contributed by atoms with van der Waals surface area (Å²) in [6.45, 7) is 7.99. The van der Waals surface area contributed by atoms with E-state index in [0.29, 0.717) is 6.04 Å². The number of nitrogens with one attached hydrogen (secondary N) is 1. The molecule has 0 radical (unpaired) electrons. The van der Waals surface area contributed by atoms with Gasteiger partial charge < -0.3 is 10.1 Å². The van der Waals surface area contributed by atoms with Crippen LogP contribution in [-0.4, -0.2) is 13.2 Å². The minimum atomic E-state index is 0.299. The maximum Gasteiger partial charge on any atom is 0.124 e. The minimum Gasteiger partial charge on any atom is -0.491 e. The highest BCUT2D eigenvalue weighted by Gasteiger charge is 2.27. The quantitative estimate of drug-likeness (QED) is 0.873. The Morgan fingerprint density at radius 2 is 2.25 bits per heavy atom. The number of fused-ring (bicyclic) bond motifs is 1. The van der Waals surface area contributed by atoms with Crippen molar-refractivity contribution < 1.29 is 4.74 Å². The Labute approximate surface area is 102 Å². The summed E-state index contributed by atoms with van der Waals surface area (Å²) in [6, 6.07) is 2.34.